The third kappa shape index (κ3) is 8.16. The molecule has 1 saturated carbocycles. The fraction of sp³-hybridized carbons (Fsp3) is 0.516. The molecule has 0 aliphatic heterocycles. The van der Waals surface area contributed by atoms with Crippen molar-refractivity contribution in [1.29, 1.82) is 0 Å². The van der Waals surface area contributed by atoms with Crippen LogP contribution in [0, 0.1) is 19.8 Å². The van der Waals surface area contributed by atoms with Crippen LogP contribution in [0.4, 0.5) is 10.5 Å². The number of amides is 3. The molecule has 0 spiro atoms. The van der Waals surface area contributed by atoms with Gasteiger partial charge in [-0.25, -0.2) is 4.79 Å². The van der Waals surface area contributed by atoms with Crippen molar-refractivity contribution in [2.45, 2.75) is 78.1 Å². The van der Waals surface area contributed by atoms with Crippen LogP contribution >= 0.6 is 11.8 Å². The Hall–Kier alpha value is -3.20. The zero-order chi connectivity index (χ0) is 29.6. The van der Waals surface area contributed by atoms with E-state index in [4.69, 9.17) is 9.47 Å². The second-order valence-electron chi connectivity index (χ2n) is 11.4. The van der Waals surface area contributed by atoms with Crippen LogP contribution in [-0.2, 0) is 14.3 Å². The molecule has 8 nitrogen and oxygen atoms in total. The SMILES string of the molecule is COc1ccc(NC(=O)C(c2cccc(C)c2C)N(C(=O)C(CCSC)NC(=O)OC(C)(C)C)C2CC2C)cc1. The molecule has 0 saturated heterocycles. The van der Waals surface area contributed by atoms with E-state index in [1.807, 2.05) is 38.3 Å². The maximum atomic E-state index is 14.4. The van der Waals surface area contributed by atoms with E-state index < -0.39 is 23.8 Å². The second kappa shape index (κ2) is 13.4. The standard InChI is InChI=1S/C31H43N3O5S/c1-19-10-9-11-24(21(19)3)27(28(35)32-22-12-14-23(38-7)15-13-22)34(26-18-20(26)2)29(36)25(16-17-40-8)33-30(37)39-31(4,5)6/h9-15,20,25-27H,16-18H2,1-8H3,(H,32,35)(H,33,37). The van der Waals surface area contributed by atoms with Gasteiger partial charge < -0.3 is 25.0 Å². The first-order valence-corrected chi connectivity index (χ1v) is 15.1. The lowest BCUT2D eigenvalue weighted by Gasteiger charge is -2.36. The Bertz CT molecular complexity index is 1190. The Morgan fingerprint density at radius 3 is 2.30 bits per heavy atom. The number of carbonyl (C=O) groups excluding carboxylic acids is 3. The van der Waals surface area contributed by atoms with Crippen molar-refractivity contribution in [3.8, 4) is 5.75 Å². The molecule has 0 heterocycles. The number of rotatable bonds is 11. The smallest absolute Gasteiger partial charge is 0.408 e. The predicted octanol–water partition coefficient (Wildman–Crippen LogP) is 5.88. The maximum Gasteiger partial charge on any atom is 0.408 e. The second-order valence-corrected chi connectivity index (χ2v) is 12.4. The van der Waals surface area contributed by atoms with Crippen LogP contribution in [-0.4, -0.2) is 59.6 Å². The number of benzene rings is 2. The molecular weight excluding hydrogens is 526 g/mol. The number of thioether (sulfide) groups is 1. The molecule has 3 rings (SSSR count). The number of nitrogens with zero attached hydrogens (tertiary/aromatic N) is 1. The van der Waals surface area contributed by atoms with Crippen molar-refractivity contribution < 1.29 is 23.9 Å². The fourth-order valence-electron chi connectivity index (χ4n) is 4.67. The molecule has 1 aliphatic rings. The Labute approximate surface area is 242 Å². The summed E-state index contributed by atoms with van der Waals surface area (Å²) < 4.78 is 10.7. The zero-order valence-electron chi connectivity index (χ0n) is 24.9. The Balaban J connectivity index is 2.04. The zero-order valence-corrected chi connectivity index (χ0v) is 25.7. The van der Waals surface area contributed by atoms with Crippen molar-refractivity contribution >= 4 is 35.4 Å². The fourth-order valence-corrected chi connectivity index (χ4v) is 5.14. The molecule has 0 bridgehead atoms. The third-order valence-corrected chi connectivity index (χ3v) is 7.75. The van der Waals surface area contributed by atoms with Gasteiger partial charge in [0.2, 0.25) is 5.91 Å². The molecule has 3 amide bonds. The van der Waals surface area contributed by atoms with E-state index in [-0.39, 0.29) is 23.8 Å². The largest absolute Gasteiger partial charge is 0.497 e. The van der Waals surface area contributed by atoms with Crippen LogP contribution < -0.4 is 15.4 Å². The first-order chi connectivity index (χ1) is 18.9. The summed E-state index contributed by atoms with van der Waals surface area (Å²) in [5, 5.41) is 5.83. The van der Waals surface area contributed by atoms with Gasteiger partial charge in [-0.2, -0.15) is 11.8 Å². The van der Waals surface area contributed by atoms with E-state index in [0.717, 1.165) is 23.1 Å². The number of hydrogen-bond donors (Lipinski definition) is 2. The molecule has 4 atom stereocenters. The van der Waals surface area contributed by atoms with Crippen LogP contribution in [0.5, 0.6) is 5.75 Å². The van der Waals surface area contributed by atoms with Gasteiger partial charge in [0.15, 0.2) is 0 Å². The minimum absolute atomic E-state index is 0.128. The molecule has 9 heteroatoms. The minimum atomic E-state index is -0.887. The topological polar surface area (TPSA) is 97.0 Å². The number of carbonyl (C=O) groups is 3. The number of aryl methyl sites for hydroxylation is 1. The highest BCUT2D eigenvalue weighted by atomic mass is 32.2. The molecule has 4 unspecified atom stereocenters. The lowest BCUT2D eigenvalue weighted by molar-refractivity contribution is -0.141. The molecule has 2 aromatic rings. The maximum absolute atomic E-state index is 14.4. The predicted molar refractivity (Wildman–Crippen MR) is 161 cm³/mol. The quantitative estimate of drug-likeness (QED) is 0.351. The van der Waals surface area contributed by atoms with Crippen LogP contribution in [0.25, 0.3) is 0 Å². The van der Waals surface area contributed by atoms with Crippen LogP contribution in [0.15, 0.2) is 42.5 Å². The van der Waals surface area contributed by atoms with Gasteiger partial charge in [0, 0.05) is 11.7 Å². The van der Waals surface area contributed by atoms with E-state index in [1.54, 1.807) is 68.8 Å². The van der Waals surface area contributed by atoms with Gasteiger partial charge in [0.1, 0.15) is 23.4 Å². The van der Waals surface area contributed by atoms with Gasteiger partial charge in [0.05, 0.1) is 7.11 Å². The van der Waals surface area contributed by atoms with Crippen molar-refractivity contribution in [1.82, 2.24) is 10.2 Å². The molecule has 0 aromatic heterocycles. The Kier molecular flexibility index (Phi) is 10.5. The highest BCUT2D eigenvalue weighted by Crippen LogP contribution is 2.42. The number of methoxy groups -OCH3 is 1. The average Bonchev–Trinajstić information content (AvgIpc) is 3.61. The minimum Gasteiger partial charge on any atom is -0.497 e. The Morgan fingerprint density at radius 2 is 1.75 bits per heavy atom. The summed E-state index contributed by atoms with van der Waals surface area (Å²) in [7, 11) is 1.59. The van der Waals surface area contributed by atoms with Gasteiger partial charge in [0.25, 0.3) is 5.91 Å². The number of ether oxygens (including phenoxy) is 2. The van der Waals surface area contributed by atoms with Crippen molar-refractivity contribution in [3.05, 3.63) is 59.2 Å². The first-order valence-electron chi connectivity index (χ1n) is 13.7. The highest BCUT2D eigenvalue weighted by molar-refractivity contribution is 7.98. The summed E-state index contributed by atoms with van der Waals surface area (Å²) in [6, 6.07) is 11.1. The third-order valence-electron chi connectivity index (χ3n) is 7.10. The van der Waals surface area contributed by atoms with E-state index in [1.165, 1.54) is 0 Å². The number of alkyl carbamates (subject to hydrolysis) is 1. The van der Waals surface area contributed by atoms with E-state index in [9.17, 15) is 14.4 Å². The van der Waals surface area contributed by atoms with E-state index in [0.29, 0.717) is 23.6 Å². The molecule has 218 valence electrons. The summed E-state index contributed by atoms with van der Waals surface area (Å²) in [4.78, 5) is 43.0. The van der Waals surface area contributed by atoms with Crippen LogP contribution in [0.1, 0.15) is 63.3 Å². The lowest BCUT2D eigenvalue weighted by Crippen LogP contribution is -2.53. The summed E-state index contributed by atoms with van der Waals surface area (Å²) in [6.07, 6.45) is 2.50. The van der Waals surface area contributed by atoms with Crippen LogP contribution in [0.2, 0.25) is 0 Å². The van der Waals surface area contributed by atoms with Gasteiger partial charge in [-0.05, 0) is 106 Å². The highest BCUT2D eigenvalue weighted by Gasteiger charge is 2.48. The molecule has 0 radical (unpaired) electrons. The Morgan fingerprint density at radius 1 is 1.10 bits per heavy atom. The summed E-state index contributed by atoms with van der Waals surface area (Å²) >= 11 is 1.59. The summed E-state index contributed by atoms with van der Waals surface area (Å²) in [5.74, 6) is 0.967. The molecule has 2 N–H and O–H groups in total. The number of anilines is 1. The van der Waals surface area contributed by atoms with E-state index in [2.05, 4.69) is 17.6 Å². The lowest BCUT2D eigenvalue weighted by atomic mass is 9.94. The molecular formula is C31H43N3O5S. The van der Waals surface area contributed by atoms with E-state index >= 15 is 0 Å². The molecule has 40 heavy (non-hydrogen) atoms. The van der Waals surface area contributed by atoms with Gasteiger partial charge >= 0.3 is 6.09 Å². The molecule has 1 aliphatic carbocycles. The first kappa shape index (κ1) is 31.3. The van der Waals surface area contributed by atoms with Crippen molar-refractivity contribution in [3.63, 3.8) is 0 Å². The molecule has 2 aromatic carbocycles. The van der Waals surface area contributed by atoms with Crippen LogP contribution in [0.3, 0.4) is 0 Å². The molecule has 1 fully saturated rings. The normalized spacial score (nSPS) is 17.8. The van der Waals surface area contributed by atoms with Gasteiger partial charge in [-0.1, -0.05) is 25.1 Å². The van der Waals surface area contributed by atoms with Crippen molar-refractivity contribution in [2.75, 3.05) is 24.4 Å². The monoisotopic (exact) mass is 569 g/mol. The average molecular weight is 570 g/mol. The van der Waals surface area contributed by atoms with Gasteiger partial charge in [-0.3, -0.25) is 9.59 Å². The number of hydrogen-bond acceptors (Lipinski definition) is 6. The summed E-state index contributed by atoms with van der Waals surface area (Å²) in [5.41, 5.74) is 2.63. The number of nitrogens with one attached hydrogen (secondary N) is 2. The van der Waals surface area contributed by atoms with Crippen molar-refractivity contribution in [2.24, 2.45) is 5.92 Å². The summed E-state index contributed by atoms with van der Waals surface area (Å²) in [6.45, 7) is 11.4. The van der Waals surface area contributed by atoms with Gasteiger partial charge in [-0.15, -0.1) is 0 Å².